The van der Waals surface area contributed by atoms with E-state index in [2.05, 4.69) is 382 Å². The highest BCUT2D eigenvalue weighted by Gasteiger charge is 2.41. The summed E-state index contributed by atoms with van der Waals surface area (Å²) >= 11 is 7.12. The molecule has 0 aliphatic carbocycles. The quantitative estimate of drug-likeness (QED) is 0.0618. The maximum absolute atomic E-state index is 7.12. The van der Waals surface area contributed by atoms with E-state index >= 15 is 0 Å². The molecular weight excluding hydrogens is 1210 g/mol. The van der Waals surface area contributed by atoms with E-state index in [-0.39, 0.29) is 23.2 Å². The lowest BCUT2D eigenvalue weighted by Gasteiger charge is -2.36. The largest absolute Gasteiger partial charge is 0.399 e. The minimum atomic E-state index is -0.649. The van der Waals surface area contributed by atoms with E-state index in [1.807, 2.05) is 66.7 Å². The summed E-state index contributed by atoms with van der Waals surface area (Å²) in [5.74, 6) is 0. The van der Waals surface area contributed by atoms with Gasteiger partial charge < -0.3 is 5.73 Å². The third-order valence-corrected chi connectivity index (χ3v) is 18.8. The van der Waals surface area contributed by atoms with Gasteiger partial charge in [-0.3, -0.25) is 0 Å². The molecule has 0 atom stereocenters. The first kappa shape index (κ1) is 67.1. The van der Waals surface area contributed by atoms with Gasteiger partial charge in [-0.15, -0.1) is 24.0 Å². The Hall–Kier alpha value is -11.3. The Morgan fingerprint density at radius 2 is 0.247 bits per heavy atom. The summed E-state index contributed by atoms with van der Waals surface area (Å²) < 4.78 is 0. The van der Waals surface area contributed by atoms with Crippen LogP contribution in [0, 0.1) is 0 Å². The van der Waals surface area contributed by atoms with E-state index in [4.69, 9.17) is 17.3 Å². The molecule has 3 heteroatoms. The lowest BCUT2D eigenvalue weighted by molar-refractivity contribution is 0.745. The van der Waals surface area contributed by atoms with Gasteiger partial charge >= 0.3 is 0 Å². The number of hydrogen-bond donors (Lipinski definition) is 1. The Bertz CT molecular complexity index is 3990. The van der Waals surface area contributed by atoms with Gasteiger partial charge in [0.1, 0.15) is 4.87 Å². The molecule has 15 aromatic rings. The summed E-state index contributed by atoms with van der Waals surface area (Å²) in [5.41, 5.74) is 24.1. The molecule has 0 saturated heterocycles. The van der Waals surface area contributed by atoms with Crippen molar-refractivity contribution in [1.29, 1.82) is 0 Å². The van der Waals surface area contributed by atoms with E-state index < -0.39 is 10.3 Å². The molecule has 0 amide bonds. The normalized spacial score (nSPS) is 11.1. The molecule has 2 N–H and O–H groups in total. The first-order valence-corrected chi connectivity index (χ1v) is 33.2. The Balaban J connectivity index is 0.000000131. The summed E-state index contributed by atoms with van der Waals surface area (Å²) in [7, 11) is 0. The monoisotopic (exact) mass is 1290 g/mol. The molecule has 0 spiro atoms. The van der Waals surface area contributed by atoms with E-state index in [9.17, 15) is 0 Å². The minimum absolute atomic E-state index is 0. The van der Waals surface area contributed by atoms with Crippen LogP contribution >= 0.6 is 24.0 Å². The minimum Gasteiger partial charge on any atom is -0.399 e. The van der Waals surface area contributed by atoms with Gasteiger partial charge in [0.15, 0.2) is 0 Å². The fourth-order valence-electron chi connectivity index (χ4n) is 13.8. The van der Waals surface area contributed by atoms with Crippen molar-refractivity contribution in [3.8, 4) is 0 Å². The zero-order valence-corrected chi connectivity index (χ0v) is 55.7. The van der Waals surface area contributed by atoms with Crippen molar-refractivity contribution in [2.75, 3.05) is 5.73 Å². The number of rotatable bonds is 15. The summed E-state index contributed by atoms with van der Waals surface area (Å²) in [5, 5.41) is 0. The highest BCUT2D eigenvalue weighted by Crippen LogP contribution is 2.49. The van der Waals surface area contributed by atoms with E-state index in [1.165, 1.54) is 66.8 Å². The molecule has 0 aromatic heterocycles. The van der Waals surface area contributed by atoms with Crippen molar-refractivity contribution >= 4 is 29.7 Å². The second-order valence-electron chi connectivity index (χ2n) is 23.7. The van der Waals surface area contributed by atoms with Crippen molar-refractivity contribution in [3.05, 3.63) is 532 Å². The Labute approximate surface area is 585 Å². The fourth-order valence-corrected chi connectivity index (χ4v) is 14.2. The first-order chi connectivity index (χ1) is 47.5. The second-order valence-corrected chi connectivity index (χ2v) is 24.2. The molecule has 0 bridgehead atoms. The van der Waals surface area contributed by atoms with Gasteiger partial charge in [0, 0.05) is 5.69 Å². The van der Waals surface area contributed by atoms with Crippen LogP contribution in [0.25, 0.3) is 0 Å². The van der Waals surface area contributed by atoms with Crippen molar-refractivity contribution in [3.63, 3.8) is 0 Å². The Kier molecular flexibility index (Phi) is 22.6. The number of alkyl halides is 1. The molecule has 0 radical (unpaired) electrons. The van der Waals surface area contributed by atoms with Gasteiger partial charge in [-0.05, 0) is 95.6 Å². The molecule has 1 nitrogen and oxygen atoms in total. The van der Waals surface area contributed by atoms with Crippen LogP contribution in [0.1, 0.15) is 83.5 Å². The molecule has 15 aromatic carbocycles. The zero-order chi connectivity index (χ0) is 65.6. The van der Waals surface area contributed by atoms with Crippen molar-refractivity contribution in [2.24, 2.45) is 0 Å². The first-order valence-electron chi connectivity index (χ1n) is 32.8. The molecule has 472 valence electrons. The van der Waals surface area contributed by atoms with Gasteiger partial charge in [-0.25, -0.2) is 0 Å². The molecule has 0 saturated carbocycles. The van der Waals surface area contributed by atoms with Crippen molar-refractivity contribution < 1.29 is 0 Å². The van der Waals surface area contributed by atoms with Crippen LogP contribution in [0.3, 0.4) is 0 Å². The van der Waals surface area contributed by atoms with Gasteiger partial charge in [0.05, 0.1) is 16.2 Å². The molecule has 0 unspecified atom stereocenters. The van der Waals surface area contributed by atoms with Crippen LogP contribution in [0.15, 0.2) is 449 Å². The van der Waals surface area contributed by atoms with Crippen LogP contribution in [0.2, 0.25) is 0 Å². The van der Waals surface area contributed by atoms with Gasteiger partial charge in [0.25, 0.3) is 0 Å². The summed E-state index contributed by atoms with van der Waals surface area (Å²) in [4.78, 5) is -0.649. The fraction of sp³-hybridized carbons (Fsp3) is 0.0426. The standard InChI is InChI=1S/C25H21N.2C25H20.C19H15Cl.ClH/c26-24-18-16-23(17-19-24)25(20-10-4-1-5-11-20,21-12-6-2-7-13-21)22-14-8-3-9-15-22;2*1-5-13-21(14-6-1)25(22-15-7-2-8-16-22,23-17-9-3-10-18-23)24-19-11-4-12-20-24;20-19(16-10-4-1-5-11-16,17-12-6-2-7-13-17)18-14-8-3-9-15-18;/h1-19H,26H2;2*1-20H;1-15H;1H. The van der Waals surface area contributed by atoms with Crippen molar-refractivity contribution in [1.82, 2.24) is 0 Å². The highest BCUT2D eigenvalue weighted by molar-refractivity contribution is 6.28. The summed E-state index contributed by atoms with van der Waals surface area (Å²) in [6.07, 6.45) is 0. The summed E-state index contributed by atoms with van der Waals surface area (Å²) in [6, 6.07) is 157. The van der Waals surface area contributed by atoms with Crippen LogP contribution < -0.4 is 5.73 Å². The lowest BCUT2D eigenvalue weighted by Crippen LogP contribution is -2.30. The lowest BCUT2D eigenvalue weighted by atomic mass is 9.65. The highest BCUT2D eigenvalue weighted by atomic mass is 35.5. The molecule has 0 aliphatic rings. The van der Waals surface area contributed by atoms with Crippen LogP contribution in [-0.2, 0) is 21.1 Å². The third kappa shape index (κ3) is 14.4. The molecule has 15 rings (SSSR count). The number of nitrogen functional groups attached to an aromatic ring is 1. The maximum Gasteiger partial charge on any atom is 0.119 e. The van der Waals surface area contributed by atoms with E-state index in [0.717, 1.165) is 22.4 Å². The summed E-state index contributed by atoms with van der Waals surface area (Å²) in [6.45, 7) is 0. The number of nitrogens with two attached hydrogens (primary N) is 1. The number of benzene rings is 15. The average Bonchev–Trinajstić information content (AvgIpc) is 0.758. The number of anilines is 1. The molecule has 0 aliphatic heterocycles. The number of halogens is 2. The molecule has 0 heterocycles. The third-order valence-electron chi connectivity index (χ3n) is 18.1. The van der Waals surface area contributed by atoms with Gasteiger partial charge in [-0.1, -0.05) is 437 Å². The smallest absolute Gasteiger partial charge is 0.119 e. The molecular formula is C94H77Cl2N. The average molecular weight is 1290 g/mol. The van der Waals surface area contributed by atoms with Crippen molar-refractivity contribution in [2.45, 2.75) is 21.1 Å². The van der Waals surface area contributed by atoms with Gasteiger partial charge in [-0.2, -0.15) is 0 Å². The zero-order valence-electron chi connectivity index (χ0n) is 54.1. The predicted octanol–water partition coefficient (Wildman–Crippen LogP) is 23.4. The topological polar surface area (TPSA) is 26.0 Å². The predicted molar refractivity (Wildman–Crippen MR) is 411 cm³/mol. The Morgan fingerprint density at radius 1 is 0.144 bits per heavy atom. The van der Waals surface area contributed by atoms with E-state index in [1.54, 1.807) is 0 Å². The van der Waals surface area contributed by atoms with Gasteiger partial charge in [0.2, 0.25) is 0 Å². The number of hydrogen-bond acceptors (Lipinski definition) is 1. The van der Waals surface area contributed by atoms with Crippen LogP contribution in [0.4, 0.5) is 5.69 Å². The van der Waals surface area contributed by atoms with Crippen LogP contribution in [-0.4, -0.2) is 0 Å². The molecule has 0 fully saturated rings. The Morgan fingerprint density at radius 3 is 0.371 bits per heavy atom. The second kappa shape index (κ2) is 32.7. The van der Waals surface area contributed by atoms with E-state index in [0.29, 0.717) is 0 Å². The van der Waals surface area contributed by atoms with Crippen LogP contribution in [0.5, 0.6) is 0 Å². The SMILES string of the molecule is Cl.ClC(c1ccccc1)(c1ccccc1)c1ccccc1.Nc1ccc(C(c2ccccc2)(c2ccccc2)c2ccccc2)cc1.c1ccc(C(c2ccccc2)(c2ccccc2)c2ccccc2)cc1.c1ccc(C(c2ccccc2)(c2ccccc2)c2ccccc2)cc1. The molecule has 97 heavy (non-hydrogen) atoms. The maximum atomic E-state index is 7.12.